The van der Waals surface area contributed by atoms with Crippen LogP contribution >= 0.6 is 0 Å². The Balaban J connectivity index is 1.56. The topological polar surface area (TPSA) is 61.6 Å². The zero-order valence-corrected chi connectivity index (χ0v) is 18.0. The van der Waals surface area contributed by atoms with Crippen molar-refractivity contribution in [3.63, 3.8) is 0 Å². The summed E-state index contributed by atoms with van der Waals surface area (Å²) < 4.78 is 28.8. The van der Waals surface area contributed by atoms with Gasteiger partial charge in [0.25, 0.3) is 5.91 Å². The van der Waals surface area contributed by atoms with Crippen molar-refractivity contribution in [1.82, 2.24) is 9.21 Å². The van der Waals surface area contributed by atoms with E-state index in [2.05, 4.69) is 26.0 Å². The van der Waals surface area contributed by atoms with Crippen LogP contribution in [0.2, 0.25) is 0 Å². The molecule has 1 fully saturated rings. The fourth-order valence-corrected chi connectivity index (χ4v) is 5.23. The molecular weight excluding hydrogens is 386 g/mol. The van der Waals surface area contributed by atoms with Gasteiger partial charge in [0, 0.05) is 38.3 Å². The van der Waals surface area contributed by atoms with Crippen LogP contribution < -0.4 is 4.57 Å². The van der Waals surface area contributed by atoms with Gasteiger partial charge in [-0.25, -0.2) is 8.42 Å². The first-order valence-electron chi connectivity index (χ1n) is 10.3. The molecule has 0 unspecified atom stereocenters. The largest absolute Gasteiger partial charge is 0.335 e. The lowest BCUT2D eigenvalue weighted by molar-refractivity contribution is -0.685. The number of nitrogens with zero attached hydrogens (tertiary/aromatic N) is 3. The lowest BCUT2D eigenvalue weighted by Crippen LogP contribution is -2.53. The summed E-state index contributed by atoms with van der Waals surface area (Å²) in [7, 11) is -3.50. The van der Waals surface area contributed by atoms with Gasteiger partial charge in [-0.3, -0.25) is 4.79 Å². The normalized spacial score (nSPS) is 15.6. The van der Waals surface area contributed by atoms with Gasteiger partial charge in [0.15, 0.2) is 12.4 Å². The fourth-order valence-electron chi connectivity index (χ4n) is 3.78. The molecule has 1 aromatic carbocycles. The molecule has 2 aromatic rings. The number of sulfonamides is 1. The van der Waals surface area contributed by atoms with Gasteiger partial charge in [-0.2, -0.15) is 8.87 Å². The van der Waals surface area contributed by atoms with E-state index < -0.39 is 10.0 Å². The molecule has 0 N–H and O–H groups in total. The third-order valence-corrected chi connectivity index (χ3v) is 7.58. The minimum Gasteiger partial charge on any atom is -0.335 e. The zero-order valence-electron chi connectivity index (χ0n) is 17.2. The first kappa shape index (κ1) is 21.5. The summed E-state index contributed by atoms with van der Waals surface area (Å²) in [5.74, 6) is 0.571. The Bertz CT molecular complexity index is 902. The molecule has 0 bridgehead atoms. The van der Waals surface area contributed by atoms with Crippen molar-refractivity contribution in [2.45, 2.75) is 44.0 Å². The molecule has 1 aliphatic rings. The van der Waals surface area contributed by atoms with E-state index in [1.54, 1.807) is 35.2 Å². The molecule has 1 aromatic heterocycles. The molecule has 3 rings (SSSR count). The van der Waals surface area contributed by atoms with Crippen molar-refractivity contribution in [1.29, 1.82) is 0 Å². The molecule has 0 radical (unpaired) electrons. The minimum atomic E-state index is -3.50. The first-order chi connectivity index (χ1) is 14.0. The van der Waals surface area contributed by atoms with Crippen molar-refractivity contribution >= 4 is 15.9 Å². The van der Waals surface area contributed by atoms with Crippen LogP contribution in [0.1, 0.15) is 38.2 Å². The molecular formula is C22H30N3O3S+. The Hall–Kier alpha value is -2.25. The summed E-state index contributed by atoms with van der Waals surface area (Å²) in [4.78, 5) is 14.7. The summed E-state index contributed by atoms with van der Waals surface area (Å²) in [6.07, 6.45) is 6.13. The Morgan fingerprint density at radius 1 is 0.966 bits per heavy atom. The maximum absolute atomic E-state index is 12.7. The van der Waals surface area contributed by atoms with Crippen LogP contribution in [-0.4, -0.2) is 49.7 Å². The second-order valence-electron chi connectivity index (χ2n) is 7.42. The van der Waals surface area contributed by atoms with Gasteiger partial charge in [0.2, 0.25) is 16.6 Å². The van der Waals surface area contributed by atoms with Crippen LogP contribution in [0, 0.1) is 0 Å². The molecule has 7 heteroatoms. The van der Waals surface area contributed by atoms with Gasteiger partial charge in [-0.05, 0) is 36.5 Å². The molecule has 0 atom stereocenters. The number of carbonyl (C=O) groups is 1. The van der Waals surface area contributed by atoms with Crippen molar-refractivity contribution in [2.24, 2.45) is 0 Å². The van der Waals surface area contributed by atoms with Gasteiger partial charge in [0.1, 0.15) is 0 Å². The third-order valence-electron chi connectivity index (χ3n) is 5.66. The molecule has 1 aliphatic heterocycles. The Kier molecular flexibility index (Phi) is 7.03. The molecule has 0 aliphatic carbocycles. The molecule has 29 heavy (non-hydrogen) atoms. The molecule has 1 amide bonds. The number of rotatable bonds is 7. The van der Waals surface area contributed by atoms with Gasteiger partial charge in [-0.1, -0.05) is 32.0 Å². The summed E-state index contributed by atoms with van der Waals surface area (Å²) in [6, 6.07) is 12.6. The Morgan fingerprint density at radius 3 is 2.10 bits per heavy atom. The van der Waals surface area contributed by atoms with Crippen molar-refractivity contribution in [3.05, 3.63) is 60.4 Å². The predicted octanol–water partition coefficient (Wildman–Crippen LogP) is 2.41. The maximum Gasteiger partial charge on any atom is 0.288 e. The van der Waals surface area contributed by atoms with Crippen LogP contribution in [0.5, 0.6) is 0 Å². The van der Waals surface area contributed by atoms with Gasteiger partial charge in [0.05, 0.1) is 4.90 Å². The van der Waals surface area contributed by atoms with E-state index in [4.69, 9.17) is 0 Å². The summed E-state index contributed by atoms with van der Waals surface area (Å²) in [6.45, 7) is 6.12. The molecule has 1 saturated heterocycles. The quantitative estimate of drug-likeness (QED) is 0.651. The van der Waals surface area contributed by atoms with Crippen LogP contribution in [0.15, 0.2) is 59.8 Å². The highest BCUT2D eigenvalue weighted by molar-refractivity contribution is 7.89. The smallest absolute Gasteiger partial charge is 0.288 e. The maximum atomic E-state index is 12.7. The van der Waals surface area contributed by atoms with E-state index in [-0.39, 0.29) is 12.5 Å². The third kappa shape index (κ3) is 5.03. The number of amides is 1. The first-order valence-corrected chi connectivity index (χ1v) is 11.7. The Morgan fingerprint density at radius 2 is 1.55 bits per heavy atom. The molecule has 0 saturated carbocycles. The minimum absolute atomic E-state index is 0.0158. The average molecular weight is 417 g/mol. The highest BCUT2D eigenvalue weighted by atomic mass is 32.2. The van der Waals surface area contributed by atoms with Crippen molar-refractivity contribution in [2.75, 3.05) is 26.2 Å². The lowest BCUT2D eigenvalue weighted by Gasteiger charge is -2.33. The summed E-state index contributed by atoms with van der Waals surface area (Å²) >= 11 is 0. The van der Waals surface area contributed by atoms with Crippen LogP contribution in [0.25, 0.3) is 0 Å². The Labute approximate surface area is 173 Å². The van der Waals surface area contributed by atoms with E-state index >= 15 is 0 Å². The second kappa shape index (κ2) is 9.50. The number of hydrogen-bond donors (Lipinski definition) is 0. The van der Waals surface area contributed by atoms with E-state index in [0.29, 0.717) is 37.0 Å². The molecule has 156 valence electrons. The van der Waals surface area contributed by atoms with Crippen LogP contribution in [0.4, 0.5) is 0 Å². The molecule has 0 spiro atoms. The van der Waals surface area contributed by atoms with E-state index in [1.807, 2.05) is 17.0 Å². The SMILES string of the molecule is CCC(CC)c1cc[n+](CC(=O)N2CCN(S(=O)(=O)c3ccccc3)CC2)cc1. The number of aromatic nitrogens is 1. The number of benzene rings is 1. The van der Waals surface area contributed by atoms with E-state index in [9.17, 15) is 13.2 Å². The number of pyridine rings is 1. The number of piperazine rings is 1. The molecule has 2 heterocycles. The van der Waals surface area contributed by atoms with Gasteiger partial charge < -0.3 is 4.90 Å². The average Bonchev–Trinajstić information content (AvgIpc) is 2.76. The highest BCUT2D eigenvalue weighted by Crippen LogP contribution is 2.21. The molecule has 6 nitrogen and oxygen atoms in total. The van der Waals surface area contributed by atoms with Gasteiger partial charge in [-0.15, -0.1) is 0 Å². The van der Waals surface area contributed by atoms with Crippen molar-refractivity contribution in [3.8, 4) is 0 Å². The highest BCUT2D eigenvalue weighted by Gasteiger charge is 2.30. The number of carbonyl (C=O) groups excluding carboxylic acids is 1. The lowest BCUT2D eigenvalue weighted by atomic mass is 9.95. The second-order valence-corrected chi connectivity index (χ2v) is 9.35. The zero-order chi connectivity index (χ0) is 20.9. The fraction of sp³-hybridized carbons (Fsp3) is 0.455. The monoisotopic (exact) mass is 416 g/mol. The summed E-state index contributed by atoms with van der Waals surface area (Å²) in [5.41, 5.74) is 1.30. The van der Waals surface area contributed by atoms with Gasteiger partial charge >= 0.3 is 0 Å². The number of hydrogen-bond acceptors (Lipinski definition) is 3. The predicted molar refractivity (Wildman–Crippen MR) is 112 cm³/mol. The summed E-state index contributed by atoms with van der Waals surface area (Å²) in [5, 5.41) is 0. The van der Waals surface area contributed by atoms with Crippen LogP contribution in [-0.2, 0) is 21.4 Å². The van der Waals surface area contributed by atoms with E-state index in [0.717, 1.165) is 12.8 Å². The van der Waals surface area contributed by atoms with Crippen LogP contribution in [0.3, 0.4) is 0 Å². The van der Waals surface area contributed by atoms with E-state index in [1.165, 1.54) is 9.87 Å². The standard InChI is InChI=1S/C22H30N3O3S/c1-3-19(4-2)20-10-12-23(13-11-20)18-22(26)24-14-16-25(17-15-24)29(27,28)21-8-6-5-7-9-21/h5-13,19H,3-4,14-18H2,1-2H3/q+1. The van der Waals surface area contributed by atoms with Crippen molar-refractivity contribution < 1.29 is 17.8 Å².